The van der Waals surface area contributed by atoms with Gasteiger partial charge in [-0.3, -0.25) is 15.0 Å². The van der Waals surface area contributed by atoms with Gasteiger partial charge in [0.25, 0.3) is 0 Å². The van der Waals surface area contributed by atoms with Crippen molar-refractivity contribution in [3.63, 3.8) is 0 Å². The van der Waals surface area contributed by atoms with Gasteiger partial charge in [0, 0.05) is 26.2 Å². The molecule has 0 radical (unpaired) electrons. The fourth-order valence-electron chi connectivity index (χ4n) is 1.80. The van der Waals surface area contributed by atoms with Gasteiger partial charge in [-0.25, -0.2) is 9.18 Å². The second kappa shape index (κ2) is 5.79. The maximum atomic E-state index is 13.4. The van der Waals surface area contributed by atoms with E-state index in [4.69, 9.17) is 4.74 Å². The molecule has 1 heterocycles. The average molecular weight is 232 g/mol. The van der Waals surface area contributed by atoms with Crippen molar-refractivity contribution >= 4 is 11.9 Å². The van der Waals surface area contributed by atoms with E-state index >= 15 is 0 Å². The summed E-state index contributed by atoms with van der Waals surface area (Å²) in [6, 6.07) is -0.873. The molecule has 0 aromatic carbocycles. The fraction of sp³-hybridized carbons (Fsp3) is 0.800. The Morgan fingerprint density at radius 3 is 2.44 bits per heavy atom. The number of halogens is 1. The lowest BCUT2D eigenvalue weighted by atomic mass is 10.1. The molecular weight excluding hydrogens is 215 g/mol. The zero-order valence-corrected chi connectivity index (χ0v) is 9.53. The molecule has 16 heavy (non-hydrogen) atoms. The van der Waals surface area contributed by atoms with Gasteiger partial charge in [0.15, 0.2) is 6.30 Å². The van der Waals surface area contributed by atoms with Crippen molar-refractivity contribution in [2.45, 2.75) is 39.0 Å². The minimum absolute atomic E-state index is 0.201. The molecule has 1 aliphatic rings. The molecule has 92 valence electrons. The van der Waals surface area contributed by atoms with Gasteiger partial charge >= 0.3 is 6.03 Å². The molecule has 0 spiro atoms. The SMILES string of the molecule is CC(=O)NC(=O)N(C(C)F)C1CCOCC1. The van der Waals surface area contributed by atoms with Gasteiger partial charge in [-0.2, -0.15) is 0 Å². The highest BCUT2D eigenvalue weighted by Gasteiger charge is 2.30. The van der Waals surface area contributed by atoms with Crippen LogP contribution in [0.1, 0.15) is 26.7 Å². The smallest absolute Gasteiger partial charge is 0.326 e. The molecule has 1 aliphatic heterocycles. The topological polar surface area (TPSA) is 58.6 Å². The van der Waals surface area contributed by atoms with Gasteiger partial charge in [0.2, 0.25) is 5.91 Å². The van der Waals surface area contributed by atoms with Crippen LogP contribution < -0.4 is 5.32 Å². The van der Waals surface area contributed by atoms with Crippen molar-refractivity contribution in [1.29, 1.82) is 0 Å². The van der Waals surface area contributed by atoms with Crippen molar-refractivity contribution < 1.29 is 18.7 Å². The third kappa shape index (κ3) is 3.44. The highest BCUT2D eigenvalue weighted by Crippen LogP contribution is 2.17. The molecular formula is C10H17FN2O3. The predicted octanol–water partition coefficient (Wildman–Crippen LogP) is 1.04. The summed E-state index contributed by atoms with van der Waals surface area (Å²) < 4.78 is 18.5. The van der Waals surface area contributed by atoms with E-state index in [1.54, 1.807) is 0 Å². The van der Waals surface area contributed by atoms with E-state index in [1.807, 2.05) is 0 Å². The zero-order valence-electron chi connectivity index (χ0n) is 9.53. The first-order valence-corrected chi connectivity index (χ1v) is 5.34. The normalized spacial score (nSPS) is 18.9. The Hall–Kier alpha value is -1.17. The molecule has 5 nitrogen and oxygen atoms in total. The van der Waals surface area contributed by atoms with E-state index < -0.39 is 18.2 Å². The van der Waals surface area contributed by atoms with Crippen LogP contribution in [0.25, 0.3) is 0 Å². The van der Waals surface area contributed by atoms with Gasteiger partial charge in [-0.15, -0.1) is 0 Å². The molecule has 3 amide bonds. The summed E-state index contributed by atoms with van der Waals surface area (Å²) in [4.78, 5) is 23.4. The van der Waals surface area contributed by atoms with Crippen molar-refractivity contribution in [3.05, 3.63) is 0 Å². The number of nitrogens with zero attached hydrogens (tertiary/aromatic N) is 1. The van der Waals surface area contributed by atoms with Gasteiger partial charge in [-0.1, -0.05) is 0 Å². The number of nitrogens with one attached hydrogen (secondary N) is 1. The summed E-state index contributed by atoms with van der Waals surface area (Å²) in [7, 11) is 0. The number of ether oxygens (including phenoxy) is 1. The van der Waals surface area contributed by atoms with E-state index in [2.05, 4.69) is 5.32 Å². The first kappa shape index (κ1) is 12.9. The number of carbonyl (C=O) groups excluding carboxylic acids is 2. The van der Waals surface area contributed by atoms with Crippen LogP contribution in [0.2, 0.25) is 0 Å². The maximum absolute atomic E-state index is 13.4. The maximum Gasteiger partial charge on any atom is 0.326 e. The van der Waals surface area contributed by atoms with Crippen molar-refractivity contribution in [2.24, 2.45) is 0 Å². The van der Waals surface area contributed by atoms with Crippen LogP contribution in [0.15, 0.2) is 0 Å². The van der Waals surface area contributed by atoms with Crippen LogP contribution in [0, 0.1) is 0 Å². The molecule has 1 atom stereocenters. The third-order valence-electron chi connectivity index (χ3n) is 2.48. The molecule has 1 N–H and O–H groups in total. The highest BCUT2D eigenvalue weighted by atomic mass is 19.1. The average Bonchev–Trinajstić information content (AvgIpc) is 2.17. The molecule has 0 aromatic heterocycles. The van der Waals surface area contributed by atoms with Crippen LogP contribution >= 0.6 is 0 Å². The van der Waals surface area contributed by atoms with Gasteiger partial charge in [-0.05, 0) is 19.8 Å². The number of alkyl halides is 1. The summed E-state index contributed by atoms with van der Waals surface area (Å²) in [5.41, 5.74) is 0. The highest BCUT2D eigenvalue weighted by molar-refractivity contribution is 5.93. The number of hydrogen-bond acceptors (Lipinski definition) is 3. The van der Waals surface area contributed by atoms with Crippen molar-refractivity contribution in [1.82, 2.24) is 10.2 Å². The van der Waals surface area contributed by atoms with E-state index in [1.165, 1.54) is 13.8 Å². The number of rotatable bonds is 2. The van der Waals surface area contributed by atoms with Crippen LogP contribution in [0.5, 0.6) is 0 Å². The molecule has 0 aliphatic carbocycles. The Bertz CT molecular complexity index is 265. The van der Waals surface area contributed by atoms with Crippen LogP contribution in [-0.2, 0) is 9.53 Å². The molecule has 0 aromatic rings. The molecule has 1 fully saturated rings. The number of urea groups is 1. The van der Waals surface area contributed by atoms with Crippen molar-refractivity contribution in [2.75, 3.05) is 13.2 Å². The quantitative estimate of drug-likeness (QED) is 0.724. The first-order chi connectivity index (χ1) is 7.52. The number of carbonyl (C=O) groups is 2. The van der Waals surface area contributed by atoms with E-state index in [9.17, 15) is 14.0 Å². The standard InChI is InChI=1S/C10H17FN2O3/c1-7(11)13(10(15)12-8(2)14)9-3-5-16-6-4-9/h7,9H,3-6H2,1-2H3,(H,12,14,15). The Balaban J connectivity index is 2.65. The van der Waals surface area contributed by atoms with Crippen LogP contribution in [0.4, 0.5) is 9.18 Å². The summed E-state index contributed by atoms with van der Waals surface area (Å²) in [5, 5.41) is 2.09. The third-order valence-corrected chi connectivity index (χ3v) is 2.48. The Morgan fingerprint density at radius 2 is 2.00 bits per heavy atom. The summed E-state index contributed by atoms with van der Waals surface area (Å²) in [6.45, 7) is 3.54. The molecule has 0 saturated carbocycles. The second-order valence-electron chi connectivity index (χ2n) is 3.81. The summed E-state index contributed by atoms with van der Waals surface area (Å²) in [5.74, 6) is -0.484. The monoisotopic (exact) mass is 232 g/mol. The van der Waals surface area contributed by atoms with E-state index in [-0.39, 0.29) is 6.04 Å². The van der Waals surface area contributed by atoms with E-state index in [0.29, 0.717) is 26.1 Å². The largest absolute Gasteiger partial charge is 0.381 e. The van der Waals surface area contributed by atoms with Crippen LogP contribution in [0.3, 0.4) is 0 Å². The molecule has 6 heteroatoms. The summed E-state index contributed by atoms with van der Waals surface area (Å²) >= 11 is 0. The number of amides is 3. The zero-order chi connectivity index (χ0) is 12.1. The Morgan fingerprint density at radius 1 is 1.44 bits per heavy atom. The lowest BCUT2D eigenvalue weighted by molar-refractivity contribution is -0.118. The number of imide groups is 1. The minimum Gasteiger partial charge on any atom is -0.381 e. The molecule has 1 unspecified atom stereocenters. The second-order valence-corrected chi connectivity index (χ2v) is 3.81. The van der Waals surface area contributed by atoms with Crippen LogP contribution in [-0.4, -0.2) is 42.4 Å². The lowest BCUT2D eigenvalue weighted by Gasteiger charge is -2.34. The predicted molar refractivity (Wildman–Crippen MR) is 55.5 cm³/mol. The number of hydrogen-bond donors (Lipinski definition) is 1. The summed E-state index contributed by atoms with van der Waals surface area (Å²) in [6.07, 6.45) is -0.221. The van der Waals surface area contributed by atoms with Gasteiger partial charge in [0.05, 0.1) is 0 Å². The molecule has 1 rings (SSSR count). The molecule has 0 bridgehead atoms. The van der Waals surface area contributed by atoms with Gasteiger partial charge in [0.1, 0.15) is 0 Å². The van der Waals surface area contributed by atoms with Crippen molar-refractivity contribution in [3.8, 4) is 0 Å². The van der Waals surface area contributed by atoms with Gasteiger partial charge < -0.3 is 4.74 Å². The Kier molecular flexibility index (Phi) is 4.67. The fourth-order valence-corrected chi connectivity index (χ4v) is 1.80. The minimum atomic E-state index is -1.41. The van der Waals surface area contributed by atoms with E-state index in [0.717, 1.165) is 4.90 Å². The lowest BCUT2D eigenvalue weighted by Crippen LogP contribution is -2.52. The first-order valence-electron chi connectivity index (χ1n) is 5.34. The molecule has 1 saturated heterocycles. The Labute approximate surface area is 93.9 Å².